The number of anilines is 1. The molecule has 0 saturated carbocycles. The lowest BCUT2D eigenvalue weighted by atomic mass is 10.2. The van der Waals surface area contributed by atoms with E-state index in [2.05, 4.69) is 4.98 Å². The number of hydroxylamine groups is 2. The molecule has 0 fully saturated rings. The van der Waals surface area contributed by atoms with Gasteiger partial charge < -0.3 is 14.2 Å². The average Bonchev–Trinajstić information content (AvgIpc) is 2.57. The average molecular weight is 411 g/mol. The zero-order valence-corrected chi connectivity index (χ0v) is 18.4. The minimum Gasteiger partial charge on any atom is -0.479 e. The molecule has 0 aliphatic rings. The Morgan fingerprint density at radius 2 is 1.41 bits per heavy atom. The first-order chi connectivity index (χ1) is 13.2. The van der Waals surface area contributed by atoms with E-state index in [0.29, 0.717) is 4.90 Å². The number of carbonyl (C=O) groups excluding carboxylic acids is 3. The SMILES string of the molecule is COc1ncc(C(=O)N(C)OC)cc1N(C(=O)OC(C)(C)C)C(=O)OC(C)(C)C. The summed E-state index contributed by atoms with van der Waals surface area (Å²) in [5.74, 6) is -0.615. The predicted octanol–water partition coefficient (Wildman–Crippen LogP) is 3.40. The van der Waals surface area contributed by atoms with Gasteiger partial charge >= 0.3 is 12.2 Å². The van der Waals surface area contributed by atoms with Crippen LogP contribution in [0.5, 0.6) is 5.88 Å². The topological polar surface area (TPSA) is 108 Å². The molecule has 29 heavy (non-hydrogen) atoms. The van der Waals surface area contributed by atoms with Crippen LogP contribution in [-0.2, 0) is 14.3 Å². The normalized spacial score (nSPS) is 11.5. The molecule has 0 atom stereocenters. The van der Waals surface area contributed by atoms with Gasteiger partial charge in [-0.2, -0.15) is 4.90 Å². The van der Waals surface area contributed by atoms with Crippen LogP contribution in [0, 0.1) is 0 Å². The second-order valence-corrected chi connectivity index (χ2v) is 8.03. The van der Waals surface area contributed by atoms with Crippen molar-refractivity contribution in [1.82, 2.24) is 10.0 Å². The summed E-state index contributed by atoms with van der Waals surface area (Å²) in [4.78, 5) is 47.6. The number of amides is 3. The fraction of sp³-hybridized carbons (Fsp3) is 0.579. The van der Waals surface area contributed by atoms with Crippen LogP contribution in [0.25, 0.3) is 0 Å². The van der Waals surface area contributed by atoms with E-state index in [-0.39, 0.29) is 17.1 Å². The van der Waals surface area contributed by atoms with Crippen LogP contribution < -0.4 is 9.64 Å². The highest BCUT2D eigenvalue weighted by molar-refractivity contribution is 6.11. The third kappa shape index (κ3) is 6.90. The van der Waals surface area contributed by atoms with Crippen LogP contribution in [-0.4, -0.2) is 60.6 Å². The van der Waals surface area contributed by atoms with Crippen LogP contribution >= 0.6 is 0 Å². The zero-order valence-electron chi connectivity index (χ0n) is 18.4. The number of hydrogen-bond donors (Lipinski definition) is 0. The molecule has 10 heteroatoms. The first-order valence-electron chi connectivity index (χ1n) is 8.82. The second-order valence-electron chi connectivity index (χ2n) is 8.03. The molecule has 0 unspecified atom stereocenters. The highest BCUT2D eigenvalue weighted by Gasteiger charge is 2.35. The number of nitrogens with zero attached hydrogens (tertiary/aromatic N) is 3. The zero-order chi connectivity index (χ0) is 22.6. The third-order valence-corrected chi connectivity index (χ3v) is 3.23. The van der Waals surface area contributed by atoms with Crippen molar-refractivity contribution in [2.45, 2.75) is 52.7 Å². The van der Waals surface area contributed by atoms with Gasteiger partial charge in [0.25, 0.3) is 5.91 Å². The Hall–Kier alpha value is -2.88. The van der Waals surface area contributed by atoms with Crippen LogP contribution in [0.3, 0.4) is 0 Å². The Kier molecular flexibility index (Phi) is 7.56. The molecule has 0 spiro atoms. The summed E-state index contributed by atoms with van der Waals surface area (Å²) in [5, 5.41) is 0.971. The largest absolute Gasteiger partial charge is 0.479 e. The first-order valence-corrected chi connectivity index (χ1v) is 8.82. The van der Waals surface area contributed by atoms with Gasteiger partial charge in [0, 0.05) is 13.2 Å². The smallest absolute Gasteiger partial charge is 0.424 e. The molecule has 3 amide bonds. The Morgan fingerprint density at radius 3 is 1.79 bits per heavy atom. The van der Waals surface area contributed by atoms with Crippen molar-refractivity contribution in [3.8, 4) is 5.88 Å². The van der Waals surface area contributed by atoms with Gasteiger partial charge in [0.15, 0.2) is 0 Å². The Bertz CT molecular complexity index is 738. The third-order valence-electron chi connectivity index (χ3n) is 3.23. The highest BCUT2D eigenvalue weighted by Crippen LogP contribution is 2.30. The molecule has 1 heterocycles. The standard InChI is InChI=1S/C19H29N3O7/c1-18(2,3)28-16(24)22(17(25)29-19(4,5)6)13-10-12(11-20-14(13)26-8)15(23)21(7)27-9/h10-11H,1-9H3. The van der Waals surface area contributed by atoms with Crippen LogP contribution in [0.1, 0.15) is 51.9 Å². The Labute approximate surface area is 170 Å². The number of imide groups is 1. The molecular weight excluding hydrogens is 382 g/mol. The van der Waals surface area contributed by atoms with Crippen LogP contribution in [0.4, 0.5) is 15.3 Å². The maximum absolute atomic E-state index is 12.8. The molecule has 0 saturated heterocycles. The number of ether oxygens (including phenoxy) is 3. The minimum atomic E-state index is -1.00. The molecular formula is C19H29N3O7. The van der Waals surface area contributed by atoms with Gasteiger partial charge in [0.1, 0.15) is 16.9 Å². The fourth-order valence-corrected chi connectivity index (χ4v) is 2.03. The fourth-order valence-electron chi connectivity index (χ4n) is 2.03. The van der Waals surface area contributed by atoms with E-state index in [0.717, 1.165) is 5.06 Å². The molecule has 0 aliphatic carbocycles. The lowest BCUT2D eigenvalue weighted by Gasteiger charge is -2.29. The molecule has 1 rings (SSSR count). The number of hydrogen-bond acceptors (Lipinski definition) is 8. The van der Waals surface area contributed by atoms with E-state index in [4.69, 9.17) is 19.0 Å². The van der Waals surface area contributed by atoms with Crippen molar-refractivity contribution >= 4 is 23.8 Å². The molecule has 162 valence electrons. The molecule has 0 aromatic carbocycles. The van der Waals surface area contributed by atoms with Crippen molar-refractivity contribution in [2.75, 3.05) is 26.2 Å². The van der Waals surface area contributed by atoms with Gasteiger partial charge in [-0.3, -0.25) is 9.63 Å². The van der Waals surface area contributed by atoms with E-state index in [1.54, 1.807) is 41.5 Å². The van der Waals surface area contributed by atoms with Gasteiger partial charge in [-0.05, 0) is 47.6 Å². The molecule has 0 bridgehead atoms. The van der Waals surface area contributed by atoms with Crippen molar-refractivity contribution in [2.24, 2.45) is 0 Å². The van der Waals surface area contributed by atoms with Gasteiger partial charge in [0.05, 0.1) is 19.8 Å². The van der Waals surface area contributed by atoms with E-state index in [1.165, 1.54) is 33.5 Å². The number of aromatic nitrogens is 1. The van der Waals surface area contributed by atoms with Gasteiger partial charge in [0.2, 0.25) is 5.88 Å². The van der Waals surface area contributed by atoms with Gasteiger partial charge in [-0.1, -0.05) is 0 Å². The van der Waals surface area contributed by atoms with E-state index >= 15 is 0 Å². The van der Waals surface area contributed by atoms with Crippen molar-refractivity contribution < 1.29 is 33.4 Å². The number of rotatable bonds is 4. The first kappa shape index (κ1) is 24.2. The second kappa shape index (κ2) is 9.08. The molecule has 0 aliphatic heterocycles. The highest BCUT2D eigenvalue weighted by atomic mass is 16.7. The van der Waals surface area contributed by atoms with E-state index in [1.807, 2.05) is 0 Å². The van der Waals surface area contributed by atoms with Gasteiger partial charge in [-0.25, -0.2) is 19.6 Å². The minimum absolute atomic E-state index is 0.0577. The monoisotopic (exact) mass is 411 g/mol. The van der Waals surface area contributed by atoms with Crippen molar-refractivity contribution in [3.05, 3.63) is 17.8 Å². The molecule has 10 nitrogen and oxygen atoms in total. The van der Waals surface area contributed by atoms with E-state index < -0.39 is 29.3 Å². The summed E-state index contributed by atoms with van der Waals surface area (Å²) in [5.41, 5.74) is -1.82. The van der Waals surface area contributed by atoms with E-state index in [9.17, 15) is 14.4 Å². The van der Waals surface area contributed by atoms with Crippen LogP contribution in [0.15, 0.2) is 12.3 Å². The lowest BCUT2D eigenvalue weighted by Crippen LogP contribution is -2.44. The quantitative estimate of drug-likeness (QED) is 0.694. The molecule has 0 N–H and O–H groups in total. The molecule has 1 aromatic heterocycles. The predicted molar refractivity (Wildman–Crippen MR) is 105 cm³/mol. The lowest BCUT2D eigenvalue weighted by molar-refractivity contribution is -0.0757. The molecule has 1 aromatic rings. The summed E-state index contributed by atoms with van der Waals surface area (Å²) in [6.07, 6.45) is -0.768. The maximum atomic E-state index is 12.8. The number of carbonyl (C=O) groups is 3. The van der Waals surface area contributed by atoms with Gasteiger partial charge in [-0.15, -0.1) is 0 Å². The van der Waals surface area contributed by atoms with Crippen molar-refractivity contribution in [1.29, 1.82) is 0 Å². The summed E-state index contributed by atoms with van der Waals surface area (Å²) in [6.45, 7) is 9.92. The van der Waals surface area contributed by atoms with Crippen LogP contribution in [0.2, 0.25) is 0 Å². The summed E-state index contributed by atoms with van der Waals surface area (Å²) < 4.78 is 15.9. The Morgan fingerprint density at radius 1 is 0.931 bits per heavy atom. The number of methoxy groups -OCH3 is 1. The molecule has 0 radical (unpaired) electrons. The summed E-state index contributed by atoms with van der Waals surface area (Å²) in [7, 11) is 4.05. The van der Waals surface area contributed by atoms with Crippen molar-refractivity contribution in [3.63, 3.8) is 0 Å². The summed E-state index contributed by atoms with van der Waals surface area (Å²) in [6, 6.07) is 1.28. The number of pyridine rings is 1. The maximum Gasteiger partial charge on any atom is 0.424 e. The Balaban J connectivity index is 3.54. The summed E-state index contributed by atoms with van der Waals surface area (Å²) >= 11 is 0.